The summed E-state index contributed by atoms with van der Waals surface area (Å²) < 4.78 is 27.1. The van der Waals surface area contributed by atoms with Crippen LogP contribution in [0.3, 0.4) is 0 Å². The topological polar surface area (TPSA) is 49.4 Å². The molecule has 1 aliphatic rings. The average Bonchev–Trinajstić information content (AvgIpc) is 2.89. The van der Waals surface area contributed by atoms with E-state index in [0.29, 0.717) is 13.1 Å². The molecule has 20 heavy (non-hydrogen) atoms. The van der Waals surface area contributed by atoms with Crippen LogP contribution in [0.15, 0.2) is 29.2 Å². The van der Waals surface area contributed by atoms with Gasteiger partial charge in [-0.05, 0) is 31.5 Å². The standard InChI is InChI=1S/C13H19ClN2O2S.ClH/c1-2-9-16(11-7-8-15-10-11)19(17,18)13-6-4-3-5-12(13)14;/h3-6,11,15H,2,7-10H2,1H3;1H. The molecule has 0 amide bonds. The lowest BCUT2D eigenvalue weighted by Gasteiger charge is -2.27. The zero-order valence-corrected chi connectivity index (χ0v) is 13.8. The van der Waals surface area contributed by atoms with Crippen molar-refractivity contribution in [1.82, 2.24) is 9.62 Å². The summed E-state index contributed by atoms with van der Waals surface area (Å²) in [4.78, 5) is 0.206. The minimum Gasteiger partial charge on any atom is -0.315 e. The lowest BCUT2D eigenvalue weighted by atomic mass is 10.2. The number of rotatable bonds is 5. The monoisotopic (exact) mass is 338 g/mol. The van der Waals surface area contributed by atoms with Gasteiger partial charge < -0.3 is 5.32 Å². The minimum atomic E-state index is -3.52. The number of sulfonamides is 1. The SMILES string of the molecule is CCCN(C1CCNC1)S(=O)(=O)c1ccccc1Cl.Cl. The van der Waals surface area contributed by atoms with Crippen molar-refractivity contribution in [3.63, 3.8) is 0 Å². The quantitative estimate of drug-likeness (QED) is 0.897. The Bertz CT molecular complexity index is 531. The maximum Gasteiger partial charge on any atom is 0.244 e. The van der Waals surface area contributed by atoms with Gasteiger partial charge in [0.1, 0.15) is 4.90 Å². The first-order chi connectivity index (χ1) is 9.07. The zero-order valence-electron chi connectivity index (χ0n) is 11.4. The maximum atomic E-state index is 12.7. The third kappa shape index (κ3) is 3.65. The van der Waals surface area contributed by atoms with Crippen LogP contribution in [0.25, 0.3) is 0 Å². The molecule has 1 aromatic carbocycles. The van der Waals surface area contributed by atoms with Gasteiger partial charge in [-0.3, -0.25) is 0 Å². The molecule has 0 aliphatic carbocycles. The third-order valence-electron chi connectivity index (χ3n) is 3.31. The van der Waals surface area contributed by atoms with Crippen LogP contribution in [0.2, 0.25) is 5.02 Å². The first-order valence-corrected chi connectivity index (χ1v) is 8.36. The second-order valence-corrected chi connectivity index (χ2v) is 6.96. The fourth-order valence-corrected chi connectivity index (χ4v) is 4.63. The van der Waals surface area contributed by atoms with Gasteiger partial charge in [0, 0.05) is 19.1 Å². The molecule has 1 aliphatic heterocycles. The summed E-state index contributed by atoms with van der Waals surface area (Å²) in [5.74, 6) is 0. The fraction of sp³-hybridized carbons (Fsp3) is 0.538. The summed E-state index contributed by atoms with van der Waals surface area (Å²) in [7, 11) is -3.52. The Morgan fingerprint density at radius 1 is 1.40 bits per heavy atom. The predicted octanol–water partition coefficient (Wildman–Crippen LogP) is 2.52. The van der Waals surface area contributed by atoms with Gasteiger partial charge in [-0.15, -0.1) is 12.4 Å². The van der Waals surface area contributed by atoms with Gasteiger partial charge in [-0.25, -0.2) is 8.42 Å². The average molecular weight is 339 g/mol. The molecule has 1 atom stereocenters. The molecule has 1 saturated heterocycles. The van der Waals surface area contributed by atoms with E-state index in [1.807, 2.05) is 6.92 Å². The third-order valence-corrected chi connectivity index (χ3v) is 5.76. The Kier molecular flexibility index (Phi) is 6.75. The summed E-state index contributed by atoms with van der Waals surface area (Å²) in [6, 6.07) is 6.66. The van der Waals surface area contributed by atoms with Crippen LogP contribution in [-0.2, 0) is 10.0 Å². The van der Waals surface area contributed by atoms with Gasteiger partial charge in [0.15, 0.2) is 0 Å². The molecule has 4 nitrogen and oxygen atoms in total. The number of halogens is 2. The lowest BCUT2D eigenvalue weighted by molar-refractivity contribution is 0.335. The van der Waals surface area contributed by atoms with Crippen LogP contribution in [0.4, 0.5) is 0 Å². The number of hydrogen-bond donors (Lipinski definition) is 1. The molecule has 0 saturated carbocycles. The highest BCUT2D eigenvalue weighted by Crippen LogP contribution is 2.27. The van der Waals surface area contributed by atoms with Crippen molar-refractivity contribution in [2.24, 2.45) is 0 Å². The van der Waals surface area contributed by atoms with E-state index in [2.05, 4.69) is 5.32 Å². The van der Waals surface area contributed by atoms with E-state index >= 15 is 0 Å². The van der Waals surface area contributed by atoms with Crippen molar-refractivity contribution in [3.05, 3.63) is 29.3 Å². The van der Waals surface area contributed by atoms with Gasteiger partial charge in [0.25, 0.3) is 0 Å². The Labute approximate surface area is 132 Å². The lowest BCUT2D eigenvalue weighted by Crippen LogP contribution is -2.42. The first-order valence-electron chi connectivity index (χ1n) is 6.54. The van der Waals surface area contributed by atoms with Crippen molar-refractivity contribution in [3.8, 4) is 0 Å². The van der Waals surface area contributed by atoms with Gasteiger partial charge in [-0.1, -0.05) is 30.7 Å². The van der Waals surface area contributed by atoms with Crippen LogP contribution in [0, 0.1) is 0 Å². The molecule has 1 aromatic rings. The molecule has 0 aromatic heterocycles. The van der Waals surface area contributed by atoms with Crippen LogP contribution in [-0.4, -0.2) is 38.4 Å². The van der Waals surface area contributed by atoms with E-state index < -0.39 is 10.0 Å². The molecule has 1 N–H and O–H groups in total. The van der Waals surface area contributed by atoms with Crippen LogP contribution in [0.5, 0.6) is 0 Å². The van der Waals surface area contributed by atoms with Gasteiger partial charge in [0.05, 0.1) is 5.02 Å². The Balaban J connectivity index is 0.00000200. The number of hydrogen-bond acceptors (Lipinski definition) is 3. The molecule has 1 unspecified atom stereocenters. The first kappa shape index (κ1) is 17.7. The van der Waals surface area contributed by atoms with E-state index in [1.54, 1.807) is 28.6 Å². The van der Waals surface area contributed by atoms with Crippen molar-refractivity contribution in [1.29, 1.82) is 0 Å². The number of nitrogens with zero attached hydrogens (tertiary/aromatic N) is 1. The molecular weight excluding hydrogens is 319 g/mol. The molecule has 0 bridgehead atoms. The zero-order chi connectivity index (χ0) is 13.9. The molecular formula is C13H20Cl2N2O2S. The summed E-state index contributed by atoms with van der Waals surface area (Å²) in [5.41, 5.74) is 0. The second-order valence-electron chi connectivity index (χ2n) is 4.69. The van der Waals surface area contributed by atoms with E-state index in [1.165, 1.54) is 0 Å². The summed E-state index contributed by atoms with van der Waals surface area (Å²) in [5, 5.41) is 3.50. The Morgan fingerprint density at radius 2 is 2.10 bits per heavy atom. The Hall–Kier alpha value is -0.330. The number of benzene rings is 1. The van der Waals surface area contributed by atoms with Crippen molar-refractivity contribution < 1.29 is 8.42 Å². The molecule has 114 valence electrons. The smallest absolute Gasteiger partial charge is 0.244 e. The molecule has 2 rings (SSSR count). The van der Waals surface area contributed by atoms with Crippen molar-refractivity contribution in [2.75, 3.05) is 19.6 Å². The highest BCUT2D eigenvalue weighted by molar-refractivity contribution is 7.89. The molecule has 1 heterocycles. The van der Waals surface area contributed by atoms with Crippen molar-refractivity contribution >= 4 is 34.0 Å². The van der Waals surface area contributed by atoms with Crippen LogP contribution in [0.1, 0.15) is 19.8 Å². The highest BCUT2D eigenvalue weighted by Gasteiger charge is 2.33. The Morgan fingerprint density at radius 3 is 2.65 bits per heavy atom. The van der Waals surface area contributed by atoms with Gasteiger partial charge >= 0.3 is 0 Å². The van der Waals surface area contributed by atoms with Gasteiger partial charge in [-0.2, -0.15) is 4.31 Å². The van der Waals surface area contributed by atoms with E-state index in [-0.39, 0.29) is 28.4 Å². The molecule has 7 heteroatoms. The van der Waals surface area contributed by atoms with E-state index in [0.717, 1.165) is 19.4 Å². The van der Waals surface area contributed by atoms with Crippen molar-refractivity contribution in [2.45, 2.75) is 30.7 Å². The fourth-order valence-electron chi connectivity index (χ4n) is 2.38. The largest absolute Gasteiger partial charge is 0.315 e. The maximum absolute atomic E-state index is 12.7. The van der Waals surface area contributed by atoms with Gasteiger partial charge in [0.2, 0.25) is 10.0 Å². The summed E-state index contributed by atoms with van der Waals surface area (Å²) in [6.45, 7) is 4.09. The second kappa shape index (κ2) is 7.61. The van der Waals surface area contributed by atoms with E-state index in [4.69, 9.17) is 11.6 Å². The predicted molar refractivity (Wildman–Crippen MR) is 84.2 cm³/mol. The summed E-state index contributed by atoms with van der Waals surface area (Å²) >= 11 is 6.04. The molecule has 1 fully saturated rings. The normalized spacial score (nSPS) is 19.1. The summed E-state index contributed by atoms with van der Waals surface area (Å²) in [6.07, 6.45) is 1.64. The highest BCUT2D eigenvalue weighted by atomic mass is 35.5. The minimum absolute atomic E-state index is 0. The molecule has 0 spiro atoms. The van der Waals surface area contributed by atoms with Crippen LogP contribution < -0.4 is 5.32 Å². The molecule has 0 radical (unpaired) electrons. The number of nitrogens with one attached hydrogen (secondary N) is 1. The van der Waals surface area contributed by atoms with Crippen LogP contribution >= 0.6 is 24.0 Å². The van der Waals surface area contributed by atoms with E-state index in [9.17, 15) is 8.42 Å².